The van der Waals surface area contributed by atoms with Gasteiger partial charge in [0.25, 0.3) is 5.91 Å². The lowest BCUT2D eigenvalue weighted by molar-refractivity contribution is -0.131. The summed E-state index contributed by atoms with van der Waals surface area (Å²) in [7, 11) is 0. The number of esters is 1. The molecule has 0 aliphatic rings. The largest absolute Gasteiger partial charge is 0.427 e. The topological polar surface area (TPSA) is 145 Å². The summed E-state index contributed by atoms with van der Waals surface area (Å²) < 4.78 is 5.07. The Labute approximate surface area is 209 Å². The van der Waals surface area contributed by atoms with E-state index < -0.39 is 5.91 Å². The average molecular weight is 497 g/mol. The summed E-state index contributed by atoms with van der Waals surface area (Å²) in [6.07, 6.45) is 0.759. The van der Waals surface area contributed by atoms with E-state index in [1.54, 1.807) is 12.1 Å². The van der Waals surface area contributed by atoms with Gasteiger partial charge >= 0.3 is 5.97 Å². The van der Waals surface area contributed by atoms with Crippen LogP contribution in [0.4, 0.5) is 11.6 Å². The normalized spacial score (nSPS) is 11.6. The van der Waals surface area contributed by atoms with Crippen LogP contribution in [0.5, 0.6) is 5.75 Å². The van der Waals surface area contributed by atoms with Gasteiger partial charge in [0.05, 0.1) is 0 Å². The minimum absolute atomic E-state index is 0.0248. The monoisotopic (exact) mass is 496 g/mol. The number of carbonyl (C=O) groups excluding carboxylic acids is 2. The van der Waals surface area contributed by atoms with Crippen LogP contribution < -0.4 is 26.8 Å². The molecule has 0 saturated heterocycles. The Morgan fingerprint density at radius 1 is 1.03 bits per heavy atom. The first-order valence-corrected chi connectivity index (χ1v) is 11.5. The number of carbonyl (C=O) groups is 2. The number of nitrogens with one attached hydrogen (secondary N) is 2. The molecule has 9 nitrogen and oxygen atoms in total. The van der Waals surface area contributed by atoms with Crippen LogP contribution in [0.25, 0.3) is 0 Å². The number of aryl methyl sites for hydroxylation is 1. The molecule has 6 N–H and O–H groups in total. The molecular weight excluding hydrogens is 468 g/mol. The van der Waals surface area contributed by atoms with E-state index in [0.29, 0.717) is 25.4 Å². The molecule has 184 valence electrons. The van der Waals surface area contributed by atoms with E-state index in [-0.39, 0.29) is 34.4 Å². The van der Waals surface area contributed by atoms with Gasteiger partial charge in [0.2, 0.25) is 0 Å². The van der Waals surface area contributed by atoms with Crippen LogP contribution >= 0.6 is 11.6 Å². The van der Waals surface area contributed by atoms with Crippen molar-refractivity contribution in [1.82, 2.24) is 20.6 Å². The molecule has 0 aliphatic heterocycles. The van der Waals surface area contributed by atoms with E-state index >= 15 is 0 Å². The van der Waals surface area contributed by atoms with Crippen molar-refractivity contribution in [2.24, 2.45) is 5.92 Å². The molecule has 10 heteroatoms. The quantitative estimate of drug-likeness (QED) is 0.247. The first kappa shape index (κ1) is 25.9. The van der Waals surface area contributed by atoms with Crippen molar-refractivity contribution in [2.75, 3.05) is 24.6 Å². The van der Waals surface area contributed by atoms with Crippen LogP contribution in [0.2, 0.25) is 5.15 Å². The molecule has 3 aromatic rings. The Balaban J connectivity index is 1.64. The van der Waals surface area contributed by atoms with Crippen LogP contribution in [0.15, 0.2) is 48.5 Å². The highest BCUT2D eigenvalue weighted by atomic mass is 35.5. The number of halogens is 1. The van der Waals surface area contributed by atoms with Crippen molar-refractivity contribution >= 4 is 35.1 Å². The van der Waals surface area contributed by atoms with Crippen LogP contribution in [-0.4, -0.2) is 34.9 Å². The van der Waals surface area contributed by atoms with Gasteiger partial charge in [0.1, 0.15) is 5.75 Å². The second-order valence-corrected chi connectivity index (χ2v) is 8.57. The van der Waals surface area contributed by atoms with Gasteiger partial charge in [-0.05, 0) is 48.1 Å². The predicted molar refractivity (Wildman–Crippen MR) is 136 cm³/mol. The van der Waals surface area contributed by atoms with Crippen molar-refractivity contribution in [1.29, 1.82) is 0 Å². The predicted octanol–water partition coefficient (Wildman–Crippen LogP) is 2.91. The first-order chi connectivity index (χ1) is 16.7. The summed E-state index contributed by atoms with van der Waals surface area (Å²) in [5.74, 6) is -0.331. The van der Waals surface area contributed by atoms with Gasteiger partial charge in [-0.3, -0.25) is 9.59 Å². The lowest BCUT2D eigenvalue weighted by Gasteiger charge is -2.20. The molecule has 3 rings (SSSR count). The summed E-state index contributed by atoms with van der Waals surface area (Å²) >= 11 is 5.91. The van der Waals surface area contributed by atoms with Gasteiger partial charge in [-0.1, -0.05) is 48.0 Å². The number of aromatic nitrogens is 2. The second kappa shape index (κ2) is 12.1. The molecule has 35 heavy (non-hydrogen) atoms. The van der Waals surface area contributed by atoms with Crippen LogP contribution in [0.3, 0.4) is 0 Å². The van der Waals surface area contributed by atoms with E-state index in [4.69, 9.17) is 27.8 Å². The van der Waals surface area contributed by atoms with Gasteiger partial charge < -0.3 is 26.8 Å². The molecule has 0 unspecified atom stereocenters. The lowest BCUT2D eigenvalue weighted by atomic mass is 9.95. The van der Waals surface area contributed by atoms with E-state index in [0.717, 1.165) is 12.0 Å². The van der Waals surface area contributed by atoms with Gasteiger partial charge in [-0.25, -0.2) is 9.97 Å². The van der Waals surface area contributed by atoms with Crippen molar-refractivity contribution in [3.8, 4) is 5.75 Å². The fourth-order valence-corrected chi connectivity index (χ4v) is 3.68. The Morgan fingerprint density at radius 2 is 1.74 bits per heavy atom. The zero-order valence-electron chi connectivity index (χ0n) is 19.7. The highest BCUT2D eigenvalue weighted by Gasteiger charge is 2.18. The molecule has 1 aromatic heterocycles. The number of nitrogens with two attached hydrogens (primary N) is 2. The van der Waals surface area contributed by atoms with E-state index in [1.807, 2.05) is 24.3 Å². The Morgan fingerprint density at radius 3 is 2.43 bits per heavy atom. The standard InChI is InChI=1S/C25H29ClN6O3/c1-15-5-3-4-6-19(15)11-18(13-29-12-17-7-9-20(10-8-17)35-16(2)33)14-30-25(34)21-23(27)32-24(28)22(26)31-21/h3-10,18,29H,11-14H2,1-2H3,(H,30,34)(H4,27,28,32)/t18-/m1/s1. The molecule has 0 saturated carbocycles. The van der Waals surface area contributed by atoms with Crippen molar-refractivity contribution in [2.45, 2.75) is 26.8 Å². The van der Waals surface area contributed by atoms with Crippen molar-refractivity contribution < 1.29 is 14.3 Å². The maximum absolute atomic E-state index is 12.7. The van der Waals surface area contributed by atoms with Gasteiger partial charge in [0.15, 0.2) is 22.5 Å². The number of nitrogens with zero attached hydrogens (tertiary/aromatic N) is 2. The zero-order valence-corrected chi connectivity index (χ0v) is 20.4. The van der Waals surface area contributed by atoms with Crippen LogP contribution in [-0.2, 0) is 17.8 Å². The molecule has 2 aromatic carbocycles. The smallest absolute Gasteiger partial charge is 0.308 e. The fraction of sp³-hybridized carbons (Fsp3) is 0.280. The first-order valence-electron chi connectivity index (χ1n) is 11.1. The molecule has 0 radical (unpaired) electrons. The van der Waals surface area contributed by atoms with Gasteiger partial charge in [-0.15, -0.1) is 0 Å². The molecule has 0 spiro atoms. The summed E-state index contributed by atoms with van der Waals surface area (Å²) in [6.45, 7) is 5.07. The second-order valence-electron chi connectivity index (χ2n) is 8.21. The highest BCUT2D eigenvalue weighted by Crippen LogP contribution is 2.18. The minimum atomic E-state index is -0.465. The number of rotatable bonds is 10. The Bertz CT molecular complexity index is 1190. The summed E-state index contributed by atoms with van der Waals surface area (Å²) in [5, 5.41) is 6.27. The molecular formula is C25H29ClN6O3. The summed E-state index contributed by atoms with van der Waals surface area (Å²) in [4.78, 5) is 31.6. The zero-order chi connectivity index (χ0) is 25.4. The van der Waals surface area contributed by atoms with Crippen molar-refractivity contribution in [3.63, 3.8) is 0 Å². The maximum atomic E-state index is 12.7. The molecule has 0 bridgehead atoms. The Kier molecular flexibility index (Phi) is 8.99. The third-order valence-electron chi connectivity index (χ3n) is 5.39. The third kappa shape index (κ3) is 7.66. The number of anilines is 2. The number of ether oxygens (including phenoxy) is 1. The third-order valence-corrected chi connectivity index (χ3v) is 5.67. The lowest BCUT2D eigenvalue weighted by Crippen LogP contribution is -2.36. The average Bonchev–Trinajstić information content (AvgIpc) is 2.81. The van der Waals surface area contributed by atoms with Crippen LogP contribution in [0.1, 0.15) is 34.1 Å². The molecule has 0 fully saturated rings. The van der Waals surface area contributed by atoms with E-state index in [1.165, 1.54) is 18.1 Å². The minimum Gasteiger partial charge on any atom is -0.427 e. The van der Waals surface area contributed by atoms with E-state index in [9.17, 15) is 9.59 Å². The van der Waals surface area contributed by atoms with Gasteiger partial charge in [0, 0.05) is 26.6 Å². The molecule has 1 amide bonds. The van der Waals surface area contributed by atoms with Crippen LogP contribution in [0, 0.1) is 12.8 Å². The SMILES string of the molecule is CC(=O)Oc1ccc(CNC[C@H](CNC(=O)c2nc(Cl)c(N)nc2N)Cc2ccccc2C)cc1. The number of nitrogen functional groups attached to an aromatic ring is 2. The molecule has 1 atom stereocenters. The maximum Gasteiger partial charge on any atom is 0.308 e. The summed E-state index contributed by atoms with van der Waals surface area (Å²) in [6, 6.07) is 15.5. The molecule has 1 heterocycles. The number of hydrogen-bond acceptors (Lipinski definition) is 8. The summed E-state index contributed by atoms with van der Waals surface area (Å²) in [5.41, 5.74) is 14.8. The fourth-order valence-electron chi connectivity index (χ4n) is 3.56. The number of amides is 1. The highest BCUT2D eigenvalue weighted by molar-refractivity contribution is 6.31. The van der Waals surface area contributed by atoms with Crippen molar-refractivity contribution in [3.05, 3.63) is 76.1 Å². The number of benzene rings is 2. The molecule has 0 aliphatic carbocycles. The van der Waals surface area contributed by atoms with E-state index in [2.05, 4.69) is 39.7 Å². The van der Waals surface area contributed by atoms with Gasteiger partial charge in [-0.2, -0.15) is 0 Å². The Hall–Kier alpha value is -3.69. The number of hydrogen-bond donors (Lipinski definition) is 4.